The maximum Gasteiger partial charge on any atom is 0.217 e. The SMILES string of the molecule is CC(=O)NCc1nc2ccccc2n1CCCOc1ccc(C)c(C)c1. The van der Waals surface area contributed by atoms with Crippen molar-refractivity contribution >= 4 is 16.9 Å². The lowest BCUT2D eigenvalue weighted by atomic mass is 10.1. The summed E-state index contributed by atoms with van der Waals surface area (Å²) >= 11 is 0. The maximum atomic E-state index is 11.2. The number of carbonyl (C=O) groups excluding carboxylic acids is 1. The van der Waals surface area contributed by atoms with E-state index in [0.717, 1.165) is 35.6 Å². The summed E-state index contributed by atoms with van der Waals surface area (Å²) in [6.45, 7) is 7.56. The van der Waals surface area contributed by atoms with Gasteiger partial charge in [-0.2, -0.15) is 0 Å². The Labute approximate surface area is 154 Å². The number of hydrogen-bond donors (Lipinski definition) is 1. The van der Waals surface area contributed by atoms with Crippen LogP contribution >= 0.6 is 0 Å². The fourth-order valence-corrected chi connectivity index (χ4v) is 2.93. The standard InChI is InChI=1S/C21H25N3O2/c1-15-9-10-18(13-16(15)2)26-12-6-11-24-20-8-5-4-7-19(20)23-21(24)14-22-17(3)25/h4-5,7-10,13H,6,11-12,14H2,1-3H3,(H,22,25). The van der Waals surface area contributed by atoms with Crippen molar-refractivity contribution in [2.75, 3.05) is 6.61 Å². The largest absolute Gasteiger partial charge is 0.494 e. The molecule has 1 aromatic heterocycles. The molecule has 0 saturated carbocycles. The summed E-state index contributed by atoms with van der Waals surface area (Å²) in [4.78, 5) is 15.9. The third-order valence-electron chi connectivity index (χ3n) is 4.50. The van der Waals surface area contributed by atoms with Gasteiger partial charge in [-0.25, -0.2) is 4.98 Å². The minimum Gasteiger partial charge on any atom is -0.494 e. The molecule has 0 spiro atoms. The first-order valence-electron chi connectivity index (χ1n) is 8.93. The molecule has 0 saturated heterocycles. The Hall–Kier alpha value is -2.82. The Morgan fingerprint density at radius 3 is 2.73 bits per heavy atom. The Kier molecular flexibility index (Phi) is 5.56. The Balaban J connectivity index is 1.66. The lowest BCUT2D eigenvalue weighted by Gasteiger charge is -2.11. The molecule has 136 valence electrons. The number of benzene rings is 2. The molecule has 1 heterocycles. The molecule has 3 rings (SSSR count). The third-order valence-corrected chi connectivity index (χ3v) is 4.50. The number of ether oxygens (including phenoxy) is 1. The number of carbonyl (C=O) groups is 1. The van der Waals surface area contributed by atoms with Crippen molar-refractivity contribution in [2.24, 2.45) is 0 Å². The van der Waals surface area contributed by atoms with E-state index in [1.165, 1.54) is 18.1 Å². The topological polar surface area (TPSA) is 56.2 Å². The highest BCUT2D eigenvalue weighted by molar-refractivity contribution is 5.76. The second-order valence-corrected chi connectivity index (χ2v) is 6.53. The molecule has 5 heteroatoms. The van der Waals surface area contributed by atoms with Gasteiger partial charge in [-0.15, -0.1) is 0 Å². The fraction of sp³-hybridized carbons (Fsp3) is 0.333. The van der Waals surface area contributed by atoms with Crippen LogP contribution in [-0.2, 0) is 17.9 Å². The van der Waals surface area contributed by atoms with E-state index in [9.17, 15) is 4.79 Å². The van der Waals surface area contributed by atoms with Crippen molar-refractivity contribution in [2.45, 2.75) is 40.3 Å². The average molecular weight is 351 g/mol. The molecular formula is C21H25N3O2. The first-order chi connectivity index (χ1) is 12.5. The molecule has 1 amide bonds. The first kappa shape index (κ1) is 18.0. The molecule has 0 unspecified atom stereocenters. The van der Waals surface area contributed by atoms with Crippen LogP contribution in [-0.4, -0.2) is 22.1 Å². The van der Waals surface area contributed by atoms with Gasteiger partial charge in [0.2, 0.25) is 5.91 Å². The molecule has 0 radical (unpaired) electrons. The zero-order chi connectivity index (χ0) is 18.5. The second-order valence-electron chi connectivity index (χ2n) is 6.53. The lowest BCUT2D eigenvalue weighted by Crippen LogP contribution is -2.22. The minimum atomic E-state index is -0.0540. The van der Waals surface area contributed by atoms with Crippen LogP contribution in [0.4, 0.5) is 0 Å². The molecule has 3 aromatic rings. The smallest absolute Gasteiger partial charge is 0.217 e. The van der Waals surface area contributed by atoms with Gasteiger partial charge in [0, 0.05) is 13.5 Å². The van der Waals surface area contributed by atoms with Gasteiger partial charge in [0.05, 0.1) is 24.2 Å². The van der Waals surface area contributed by atoms with Crippen LogP contribution in [0.2, 0.25) is 0 Å². The summed E-state index contributed by atoms with van der Waals surface area (Å²) < 4.78 is 8.05. The monoisotopic (exact) mass is 351 g/mol. The molecule has 0 aliphatic rings. The van der Waals surface area contributed by atoms with Crippen LogP contribution in [0.15, 0.2) is 42.5 Å². The summed E-state index contributed by atoms with van der Waals surface area (Å²) in [6, 6.07) is 14.2. The number of aryl methyl sites for hydroxylation is 3. The number of fused-ring (bicyclic) bond motifs is 1. The van der Waals surface area contributed by atoms with Crippen molar-refractivity contribution in [1.29, 1.82) is 0 Å². The van der Waals surface area contributed by atoms with Crippen molar-refractivity contribution in [3.8, 4) is 5.75 Å². The van der Waals surface area contributed by atoms with Crippen LogP contribution in [0.25, 0.3) is 11.0 Å². The van der Waals surface area contributed by atoms with E-state index in [0.29, 0.717) is 13.2 Å². The van der Waals surface area contributed by atoms with Gasteiger partial charge in [0.15, 0.2) is 0 Å². The molecular weight excluding hydrogens is 326 g/mol. The Morgan fingerprint density at radius 1 is 1.15 bits per heavy atom. The predicted octanol–water partition coefficient (Wildman–Crippen LogP) is 3.76. The fourth-order valence-electron chi connectivity index (χ4n) is 2.93. The van der Waals surface area contributed by atoms with E-state index in [-0.39, 0.29) is 5.91 Å². The number of amides is 1. The van der Waals surface area contributed by atoms with E-state index < -0.39 is 0 Å². The molecule has 0 aliphatic carbocycles. The zero-order valence-corrected chi connectivity index (χ0v) is 15.6. The molecule has 2 aromatic carbocycles. The normalized spacial score (nSPS) is 10.9. The van der Waals surface area contributed by atoms with Gasteiger partial charge in [-0.05, 0) is 55.7 Å². The van der Waals surface area contributed by atoms with Gasteiger partial charge < -0.3 is 14.6 Å². The van der Waals surface area contributed by atoms with Gasteiger partial charge >= 0.3 is 0 Å². The molecule has 0 fully saturated rings. The highest BCUT2D eigenvalue weighted by atomic mass is 16.5. The quantitative estimate of drug-likeness (QED) is 0.660. The lowest BCUT2D eigenvalue weighted by molar-refractivity contribution is -0.119. The van der Waals surface area contributed by atoms with Crippen LogP contribution in [0.3, 0.4) is 0 Å². The summed E-state index contributed by atoms with van der Waals surface area (Å²) in [7, 11) is 0. The predicted molar refractivity (Wildman–Crippen MR) is 103 cm³/mol. The van der Waals surface area contributed by atoms with E-state index in [2.05, 4.69) is 46.9 Å². The van der Waals surface area contributed by atoms with Gasteiger partial charge in [-0.1, -0.05) is 18.2 Å². The first-order valence-corrected chi connectivity index (χ1v) is 8.93. The number of para-hydroxylation sites is 2. The van der Waals surface area contributed by atoms with Crippen LogP contribution in [0.1, 0.15) is 30.3 Å². The zero-order valence-electron chi connectivity index (χ0n) is 15.6. The number of aromatic nitrogens is 2. The van der Waals surface area contributed by atoms with Crippen molar-refractivity contribution in [3.05, 3.63) is 59.4 Å². The highest BCUT2D eigenvalue weighted by Gasteiger charge is 2.10. The maximum absolute atomic E-state index is 11.2. The number of hydrogen-bond acceptors (Lipinski definition) is 3. The van der Waals surface area contributed by atoms with Crippen LogP contribution in [0.5, 0.6) is 5.75 Å². The molecule has 0 bridgehead atoms. The van der Waals surface area contributed by atoms with E-state index >= 15 is 0 Å². The van der Waals surface area contributed by atoms with Gasteiger partial charge in [-0.3, -0.25) is 4.79 Å². The van der Waals surface area contributed by atoms with E-state index in [1.54, 1.807) is 0 Å². The van der Waals surface area contributed by atoms with Crippen molar-refractivity contribution in [3.63, 3.8) is 0 Å². The van der Waals surface area contributed by atoms with Crippen molar-refractivity contribution in [1.82, 2.24) is 14.9 Å². The van der Waals surface area contributed by atoms with E-state index in [1.807, 2.05) is 24.3 Å². The summed E-state index contributed by atoms with van der Waals surface area (Å²) in [5.41, 5.74) is 4.53. The molecule has 5 nitrogen and oxygen atoms in total. The average Bonchev–Trinajstić information content (AvgIpc) is 2.97. The number of rotatable bonds is 7. The molecule has 26 heavy (non-hydrogen) atoms. The minimum absolute atomic E-state index is 0.0540. The summed E-state index contributed by atoms with van der Waals surface area (Å²) in [6.07, 6.45) is 0.861. The van der Waals surface area contributed by atoms with E-state index in [4.69, 9.17) is 4.74 Å². The molecule has 0 aliphatic heterocycles. The number of imidazole rings is 1. The summed E-state index contributed by atoms with van der Waals surface area (Å²) in [5.74, 6) is 1.72. The Bertz CT molecular complexity index is 915. The number of nitrogens with one attached hydrogen (secondary N) is 1. The Morgan fingerprint density at radius 2 is 1.96 bits per heavy atom. The second kappa shape index (κ2) is 8.04. The summed E-state index contributed by atoms with van der Waals surface area (Å²) in [5, 5.41) is 2.84. The number of nitrogens with zero attached hydrogens (tertiary/aromatic N) is 2. The highest BCUT2D eigenvalue weighted by Crippen LogP contribution is 2.18. The van der Waals surface area contributed by atoms with Gasteiger partial charge in [0.1, 0.15) is 11.6 Å². The van der Waals surface area contributed by atoms with Gasteiger partial charge in [0.25, 0.3) is 0 Å². The van der Waals surface area contributed by atoms with Crippen LogP contribution in [0, 0.1) is 13.8 Å². The van der Waals surface area contributed by atoms with Crippen LogP contribution < -0.4 is 10.1 Å². The molecule has 0 atom stereocenters. The van der Waals surface area contributed by atoms with Crippen molar-refractivity contribution < 1.29 is 9.53 Å². The molecule has 1 N–H and O–H groups in total. The third kappa shape index (κ3) is 4.23.